The van der Waals surface area contributed by atoms with Gasteiger partial charge in [-0.3, -0.25) is 4.79 Å². The van der Waals surface area contributed by atoms with Crippen LogP contribution in [0.5, 0.6) is 0 Å². The van der Waals surface area contributed by atoms with Crippen molar-refractivity contribution in [2.75, 3.05) is 18.4 Å². The molecule has 2 aromatic carbocycles. The number of hydrogen-bond acceptors (Lipinski definition) is 5. The lowest BCUT2D eigenvalue weighted by atomic mass is 9.99. The number of nitrogens with zero attached hydrogens (tertiary/aromatic N) is 1. The van der Waals surface area contributed by atoms with Crippen LogP contribution in [-0.4, -0.2) is 40.1 Å². The van der Waals surface area contributed by atoms with Crippen LogP contribution in [0.25, 0.3) is 0 Å². The summed E-state index contributed by atoms with van der Waals surface area (Å²) in [6.45, 7) is 0.461. The summed E-state index contributed by atoms with van der Waals surface area (Å²) in [5.74, 6) is -0.804. The summed E-state index contributed by atoms with van der Waals surface area (Å²) in [4.78, 5) is 12.7. The van der Waals surface area contributed by atoms with Gasteiger partial charge in [0.25, 0.3) is 0 Å². The van der Waals surface area contributed by atoms with Gasteiger partial charge in [0.1, 0.15) is 0 Å². The van der Waals surface area contributed by atoms with E-state index >= 15 is 0 Å². The molecule has 1 aliphatic heterocycles. The monoisotopic (exact) mass is 423 g/mol. The third kappa shape index (κ3) is 4.58. The predicted molar refractivity (Wildman–Crippen MR) is 104 cm³/mol. The molecule has 0 unspecified atom stereocenters. The van der Waals surface area contributed by atoms with Crippen molar-refractivity contribution >= 4 is 31.6 Å². The number of benzene rings is 2. The maximum absolute atomic E-state index is 12.8. The Bertz CT molecular complexity index is 1050. The second kappa shape index (κ2) is 8.00. The molecule has 1 aliphatic rings. The Morgan fingerprint density at radius 3 is 2.21 bits per heavy atom. The molecule has 1 amide bonds. The summed E-state index contributed by atoms with van der Waals surface area (Å²) in [7, 11) is -7.46. The van der Waals surface area contributed by atoms with Gasteiger partial charge in [0.15, 0.2) is 0 Å². The lowest BCUT2D eigenvalue weighted by Gasteiger charge is -2.31. The lowest BCUT2D eigenvalue weighted by Crippen LogP contribution is -2.43. The van der Waals surface area contributed by atoms with Crippen molar-refractivity contribution in [2.24, 2.45) is 11.1 Å². The van der Waals surface area contributed by atoms with Gasteiger partial charge in [-0.25, -0.2) is 22.0 Å². The van der Waals surface area contributed by atoms with Crippen LogP contribution in [-0.2, 0) is 24.8 Å². The number of carbonyl (C=O) groups excluding carboxylic acids is 1. The minimum absolute atomic E-state index is 0.0525. The third-order valence-electron chi connectivity index (χ3n) is 4.59. The SMILES string of the molecule is NS(=O)(=O)c1ccc(NC(=O)[C@H]2CCCN(S(=O)(=O)c3ccccc3)C2)cc1. The first-order chi connectivity index (χ1) is 13.2. The van der Waals surface area contributed by atoms with Gasteiger partial charge < -0.3 is 5.32 Å². The first-order valence-electron chi connectivity index (χ1n) is 8.67. The van der Waals surface area contributed by atoms with Crippen LogP contribution in [0.2, 0.25) is 0 Å². The highest BCUT2D eigenvalue weighted by molar-refractivity contribution is 7.89. The lowest BCUT2D eigenvalue weighted by molar-refractivity contribution is -0.120. The van der Waals surface area contributed by atoms with Gasteiger partial charge in [-0.05, 0) is 49.2 Å². The zero-order valence-corrected chi connectivity index (χ0v) is 16.6. The molecular formula is C18H21N3O5S2. The highest BCUT2D eigenvalue weighted by Gasteiger charge is 2.33. The molecule has 0 saturated carbocycles. The highest BCUT2D eigenvalue weighted by Crippen LogP contribution is 2.25. The van der Waals surface area contributed by atoms with Crippen molar-refractivity contribution < 1.29 is 21.6 Å². The summed E-state index contributed by atoms with van der Waals surface area (Å²) in [5, 5.41) is 7.76. The molecule has 150 valence electrons. The number of amides is 1. The van der Waals surface area contributed by atoms with E-state index in [9.17, 15) is 21.6 Å². The standard InChI is InChI=1S/C18H21N3O5S2/c19-27(23,24)16-10-8-15(9-11-16)20-18(22)14-5-4-12-21(13-14)28(25,26)17-6-2-1-3-7-17/h1-3,6-11,14H,4-5,12-13H2,(H,20,22)(H2,19,23,24)/t14-/m0/s1. The van der Waals surface area contributed by atoms with Crippen molar-refractivity contribution in [3.05, 3.63) is 54.6 Å². The quantitative estimate of drug-likeness (QED) is 0.751. The van der Waals surface area contributed by atoms with Gasteiger partial charge in [0.2, 0.25) is 26.0 Å². The molecule has 8 nitrogen and oxygen atoms in total. The number of anilines is 1. The molecule has 0 radical (unpaired) electrons. The number of hydrogen-bond donors (Lipinski definition) is 2. The first-order valence-corrected chi connectivity index (χ1v) is 11.7. The molecule has 28 heavy (non-hydrogen) atoms. The summed E-state index contributed by atoms with van der Waals surface area (Å²) in [5.41, 5.74) is 0.417. The van der Waals surface area contributed by atoms with Gasteiger partial charge in [-0.1, -0.05) is 18.2 Å². The molecule has 3 N–H and O–H groups in total. The van der Waals surface area contributed by atoms with E-state index in [4.69, 9.17) is 5.14 Å². The molecular weight excluding hydrogens is 402 g/mol. The summed E-state index contributed by atoms with van der Waals surface area (Å²) in [6, 6.07) is 13.6. The highest BCUT2D eigenvalue weighted by atomic mass is 32.2. The fourth-order valence-electron chi connectivity index (χ4n) is 3.09. The number of piperidine rings is 1. The fraction of sp³-hybridized carbons (Fsp3) is 0.278. The Balaban J connectivity index is 1.69. The van der Waals surface area contributed by atoms with E-state index in [1.165, 1.54) is 40.7 Å². The molecule has 2 aromatic rings. The van der Waals surface area contributed by atoms with Gasteiger partial charge in [-0.2, -0.15) is 4.31 Å². The van der Waals surface area contributed by atoms with Crippen LogP contribution in [0.4, 0.5) is 5.69 Å². The van der Waals surface area contributed by atoms with E-state index in [2.05, 4.69) is 5.32 Å². The molecule has 3 rings (SSSR count). The largest absolute Gasteiger partial charge is 0.326 e. The van der Waals surface area contributed by atoms with Crippen molar-refractivity contribution in [3.8, 4) is 0 Å². The Hall–Kier alpha value is -2.27. The average Bonchev–Trinajstić information content (AvgIpc) is 2.68. The zero-order chi connectivity index (χ0) is 20.4. The number of carbonyl (C=O) groups is 1. The van der Waals surface area contributed by atoms with Crippen LogP contribution in [0, 0.1) is 5.92 Å². The van der Waals surface area contributed by atoms with E-state index in [1.807, 2.05) is 0 Å². The first kappa shape index (κ1) is 20.5. The van der Waals surface area contributed by atoms with Gasteiger partial charge in [0.05, 0.1) is 15.7 Å². The predicted octanol–water partition coefficient (Wildman–Crippen LogP) is 1.37. The van der Waals surface area contributed by atoms with E-state index in [0.717, 1.165) is 0 Å². The minimum atomic E-state index is -3.80. The van der Waals surface area contributed by atoms with Crippen LogP contribution < -0.4 is 10.5 Å². The van der Waals surface area contributed by atoms with Crippen molar-refractivity contribution in [2.45, 2.75) is 22.6 Å². The molecule has 1 atom stereocenters. The zero-order valence-electron chi connectivity index (χ0n) is 15.0. The van der Waals surface area contributed by atoms with Crippen molar-refractivity contribution in [3.63, 3.8) is 0 Å². The Morgan fingerprint density at radius 1 is 0.964 bits per heavy atom. The molecule has 0 aromatic heterocycles. The van der Waals surface area contributed by atoms with E-state index in [-0.39, 0.29) is 22.2 Å². The normalized spacial score (nSPS) is 18.5. The number of sulfonamides is 2. The summed E-state index contributed by atoms with van der Waals surface area (Å²) in [6.07, 6.45) is 1.15. The molecule has 0 spiro atoms. The van der Waals surface area contributed by atoms with E-state index < -0.39 is 26.0 Å². The minimum Gasteiger partial charge on any atom is -0.326 e. The molecule has 10 heteroatoms. The van der Waals surface area contributed by atoms with Crippen molar-refractivity contribution in [1.82, 2.24) is 4.31 Å². The topological polar surface area (TPSA) is 127 Å². The summed E-state index contributed by atoms with van der Waals surface area (Å²) >= 11 is 0. The van der Waals surface area contributed by atoms with Crippen molar-refractivity contribution in [1.29, 1.82) is 0 Å². The van der Waals surface area contributed by atoms with Crippen LogP contribution in [0.15, 0.2) is 64.4 Å². The van der Waals surface area contributed by atoms with Gasteiger partial charge in [-0.15, -0.1) is 0 Å². The fourth-order valence-corrected chi connectivity index (χ4v) is 5.15. The molecule has 0 bridgehead atoms. The number of nitrogens with one attached hydrogen (secondary N) is 1. The summed E-state index contributed by atoms with van der Waals surface area (Å²) < 4.78 is 49.5. The Morgan fingerprint density at radius 2 is 1.61 bits per heavy atom. The maximum Gasteiger partial charge on any atom is 0.243 e. The number of primary sulfonamides is 1. The average molecular weight is 424 g/mol. The number of nitrogens with two attached hydrogens (primary N) is 1. The maximum atomic E-state index is 12.8. The van der Waals surface area contributed by atoms with E-state index in [0.29, 0.717) is 25.1 Å². The Labute approximate surface area is 164 Å². The molecule has 0 aliphatic carbocycles. The molecule has 1 saturated heterocycles. The number of rotatable bonds is 5. The van der Waals surface area contributed by atoms with E-state index in [1.54, 1.807) is 18.2 Å². The smallest absolute Gasteiger partial charge is 0.243 e. The van der Waals surface area contributed by atoms with Crippen LogP contribution in [0.3, 0.4) is 0 Å². The van der Waals surface area contributed by atoms with Gasteiger partial charge >= 0.3 is 0 Å². The second-order valence-corrected chi connectivity index (χ2v) is 10.1. The Kier molecular flexibility index (Phi) is 5.84. The van der Waals surface area contributed by atoms with Crippen LogP contribution in [0.1, 0.15) is 12.8 Å². The second-order valence-electron chi connectivity index (χ2n) is 6.57. The van der Waals surface area contributed by atoms with Crippen LogP contribution >= 0.6 is 0 Å². The third-order valence-corrected chi connectivity index (χ3v) is 7.39. The van der Waals surface area contributed by atoms with Gasteiger partial charge in [0, 0.05) is 18.8 Å². The molecule has 1 fully saturated rings. The molecule has 1 heterocycles.